The lowest BCUT2D eigenvalue weighted by Gasteiger charge is -2.33. The van der Waals surface area contributed by atoms with Crippen molar-refractivity contribution in [1.82, 2.24) is 15.1 Å². The molecule has 0 radical (unpaired) electrons. The van der Waals surface area contributed by atoms with Crippen LogP contribution in [0.25, 0.3) is 0 Å². The second-order valence-electron chi connectivity index (χ2n) is 16.4. The van der Waals surface area contributed by atoms with Gasteiger partial charge in [0.05, 0.1) is 12.5 Å². The molecule has 0 spiro atoms. The lowest BCUT2D eigenvalue weighted by molar-refractivity contribution is -0.161. The average molecular weight is 732 g/mol. The van der Waals surface area contributed by atoms with E-state index in [9.17, 15) is 14.4 Å². The van der Waals surface area contributed by atoms with E-state index in [1.165, 1.54) is 4.90 Å². The van der Waals surface area contributed by atoms with Crippen molar-refractivity contribution in [2.24, 2.45) is 5.92 Å². The van der Waals surface area contributed by atoms with Crippen LogP contribution in [-0.2, 0) is 43.3 Å². The molecular weight excluding hydrogens is 670 g/mol. The Morgan fingerprint density at radius 1 is 0.642 bits per heavy atom. The van der Waals surface area contributed by atoms with E-state index in [2.05, 4.69) is 34.5 Å². The Hall–Kier alpha value is -4.41. The molecule has 0 saturated heterocycles. The van der Waals surface area contributed by atoms with E-state index in [4.69, 9.17) is 18.9 Å². The van der Waals surface area contributed by atoms with E-state index < -0.39 is 41.1 Å². The van der Waals surface area contributed by atoms with Crippen LogP contribution in [0.1, 0.15) is 79.0 Å². The van der Waals surface area contributed by atoms with Crippen molar-refractivity contribution in [2.45, 2.75) is 105 Å². The molecule has 0 saturated carbocycles. The minimum atomic E-state index is -1.01. The first-order chi connectivity index (χ1) is 24.8. The molecule has 3 aromatic carbocycles. The normalized spacial score (nSPS) is 13.2. The number of nitrogens with zero attached hydrogens (tertiary/aromatic N) is 2. The van der Waals surface area contributed by atoms with Gasteiger partial charge in [0, 0.05) is 46.3 Å². The van der Waals surface area contributed by atoms with Crippen molar-refractivity contribution in [3.63, 3.8) is 0 Å². The smallest absolute Gasteiger partial charge is 0.329 e. The number of hydrogen-bond acceptors (Lipinski definition) is 8. The third kappa shape index (κ3) is 16.9. The van der Waals surface area contributed by atoms with Gasteiger partial charge in [-0.25, -0.2) is 9.59 Å². The van der Waals surface area contributed by atoms with Gasteiger partial charge < -0.3 is 29.2 Å². The van der Waals surface area contributed by atoms with Crippen molar-refractivity contribution in [3.8, 4) is 5.75 Å². The molecule has 1 N–H and O–H groups in total. The first-order valence-corrected chi connectivity index (χ1v) is 18.4. The fourth-order valence-electron chi connectivity index (χ4n) is 5.60. The predicted molar refractivity (Wildman–Crippen MR) is 208 cm³/mol. The number of ether oxygens (including phenoxy) is 4. The molecule has 0 unspecified atom stereocenters. The zero-order valence-electron chi connectivity index (χ0n) is 33.4. The predicted octanol–water partition coefficient (Wildman–Crippen LogP) is 7.44. The van der Waals surface area contributed by atoms with Gasteiger partial charge >= 0.3 is 18.0 Å². The van der Waals surface area contributed by atoms with E-state index in [1.807, 2.05) is 102 Å². The third-order valence-corrected chi connectivity index (χ3v) is 7.79. The molecule has 3 rings (SSSR count). The fraction of sp³-hybridized carbons (Fsp3) is 0.512. The Balaban J connectivity index is 1.93. The summed E-state index contributed by atoms with van der Waals surface area (Å²) < 4.78 is 23.1. The first kappa shape index (κ1) is 43.0. The Morgan fingerprint density at radius 3 is 1.62 bits per heavy atom. The molecule has 2 amide bonds. The van der Waals surface area contributed by atoms with Crippen LogP contribution in [0, 0.1) is 5.92 Å². The van der Waals surface area contributed by atoms with Gasteiger partial charge in [0.2, 0.25) is 0 Å². The van der Waals surface area contributed by atoms with Crippen molar-refractivity contribution < 1.29 is 33.3 Å². The van der Waals surface area contributed by atoms with Gasteiger partial charge in [-0.2, -0.15) is 0 Å². The Labute approximate surface area is 317 Å². The number of methoxy groups -OCH3 is 1. The minimum Gasteiger partial charge on any atom is -0.488 e. The van der Waals surface area contributed by atoms with Crippen molar-refractivity contribution in [1.29, 1.82) is 0 Å². The molecule has 10 heteroatoms. The molecule has 0 heterocycles. The van der Waals surface area contributed by atoms with Gasteiger partial charge in [0.25, 0.3) is 0 Å². The number of amides is 2. The van der Waals surface area contributed by atoms with Crippen LogP contribution >= 0.6 is 0 Å². The van der Waals surface area contributed by atoms with Crippen molar-refractivity contribution in [3.05, 3.63) is 102 Å². The second kappa shape index (κ2) is 19.6. The number of benzene rings is 3. The molecular formula is C43H61N3O7. The molecule has 0 aliphatic carbocycles. The maximum Gasteiger partial charge on any atom is 0.329 e. The van der Waals surface area contributed by atoms with Gasteiger partial charge in [-0.3, -0.25) is 9.69 Å². The summed E-state index contributed by atoms with van der Waals surface area (Å²) in [6.45, 7) is 18.7. The van der Waals surface area contributed by atoms with E-state index in [-0.39, 0.29) is 31.7 Å². The molecule has 53 heavy (non-hydrogen) atoms. The standard InChI is InChI=1S/C43H61N3O7/c1-41(2,3)51-36-23-21-32(22-24-36)27-37(39(48)53-43(7,8)9)44-40(49)46(25-26-50-10)31-35(38(47)52-42(4,5)6)30-45(28-33-17-13-11-14-18-33)29-34-19-15-12-16-20-34/h11-24,35,37H,25-31H2,1-10H3,(H,44,49)/t35-,37+/m1/s1. The molecule has 0 aromatic heterocycles. The van der Waals surface area contributed by atoms with Gasteiger partial charge in [-0.15, -0.1) is 0 Å². The highest BCUT2D eigenvalue weighted by atomic mass is 16.6. The van der Waals surface area contributed by atoms with E-state index >= 15 is 0 Å². The first-order valence-electron chi connectivity index (χ1n) is 18.4. The summed E-state index contributed by atoms with van der Waals surface area (Å²) in [4.78, 5) is 45.5. The van der Waals surface area contributed by atoms with Crippen LogP contribution in [0.3, 0.4) is 0 Å². The molecule has 0 fully saturated rings. The Kier molecular flexibility index (Phi) is 15.9. The fourth-order valence-corrected chi connectivity index (χ4v) is 5.60. The third-order valence-electron chi connectivity index (χ3n) is 7.79. The summed E-state index contributed by atoms with van der Waals surface area (Å²) in [7, 11) is 1.55. The molecule has 0 bridgehead atoms. The molecule has 0 aliphatic heterocycles. The average Bonchev–Trinajstić information content (AvgIpc) is 3.05. The van der Waals surface area contributed by atoms with E-state index in [0.29, 0.717) is 25.4 Å². The lowest BCUT2D eigenvalue weighted by atomic mass is 10.0. The molecule has 290 valence electrons. The zero-order chi connectivity index (χ0) is 39.2. The maximum absolute atomic E-state index is 14.2. The van der Waals surface area contributed by atoms with Crippen LogP contribution < -0.4 is 10.1 Å². The number of carbonyl (C=O) groups excluding carboxylic acids is 3. The molecule has 3 aromatic rings. The van der Waals surface area contributed by atoms with Crippen LogP contribution in [0.15, 0.2) is 84.9 Å². The number of carbonyl (C=O) groups is 3. The SMILES string of the molecule is COCCN(C[C@@H](CN(Cc1ccccc1)Cc1ccccc1)C(=O)OC(C)(C)C)C(=O)N[C@@H](Cc1ccc(OC(C)(C)C)cc1)C(=O)OC(C)(C)C. The molecule has 0 aliphatic rings. The molecule has 10 nitrogen and oxygen atoms in total. The van der Waals surface area contributed by atoms with E-state index in [0.717, 1.165) is 16.7 Å². The van der Waals surface area contributed by atoms with Crippen LogP contribution in [0.5, 0.6) is 5.75 Å². The summed E-state index contributed by atoms with van der Waals surface area (Å²) in [5.74, 6) is -1.00. The van der Waals surface area contributed by atoms with Gasteiger partial charge in [-0.1, -0.05) is 72.8 Å². The lowest BCUT2D eigenvalue weighted by Crippen LogP contribution is -2.53. The van der Waals surface area contributed by atoms with Gasteiger partial charge in [0.1, 0.15) is 28.6 Å². The number of nitrogens with one attached hydrogen (secondary N) is 1. The van der Waals surface area contributed by atoms with Crippen LogP contribution in [0.4, 0.5) is 4.79 Å². The van der Waals surface area contributed by atoms with Gasteiger partial charge in [-0.05, 0) is 91.1 Å². The largest absolute Gasteiger partial charge is 0.488 e. The summed E-state index contributed by atoms with van der Waals surface area (Å²) in [6, 6.07) is 26.1. The maximum atomic E-state index is 14.2. The number of rotatable bonds is 17. The summed E-state index contributed by atoms with van der Waals surface area (Å²) >= 11 is 0. The number of esters is 2. The number of urea groups is 1. The van der Waals surface area contributed by atoms with Gasteiger partial charge in [0.15, 0.2) is 0 Å². The highest BCUT2D eigenvalue weighted by Crippen LogP contribution is 2.21. The monoisotopic (exact) mass is 731 g/mol. The Bertz CT molecular complexity index is 1520. The Morgan fingerprint density at radius 2 is 1.15 bits per heavy atom. The van der Waals surface area contributed by atoms with Crippen LogP contribution in [-0.4, -0.2) is 84.0 Å². The summed E-state index contributed by atoms with van der Waals surface area (Å²) in [5, 5.41) is 2.94. The highest BCUT2D eigenvalue weighted by Gasteiger charge is 2.33. The summed E-state index contributed by atoms with van der Waals surface area (Å²) in [5.41, 5.74) is 1.13. The topological polar surface area (TPSA) is 107 Å². The minimum absolute atomic E-state index is 0.0318. The summed E-state index contributed by atoms with van der Waals surface area (Å²) in [6.07, 6.45) is 0.187. The number of hydrogen-bond donors (Lipinski definition) is 1. The van der Waals surface area contributed by atoms with E-state index in [1.54, 1.807) is 27.9 Å². The highest BCUT2D eigenvalue weighted by molar-refractivity contribution is 5.84. The van der Waals surface area contributed by atoms with Crippen molar-refractivity contribution >= 4 is 18.0 Å². The van der Waals surface area contributed by atoms with Crippen LogP contribution in [0.2, 0.25) is 0 Å². The van der Waals surface area contributed by atoms with Crippen molar-refractivity contribution in [2.75, 3.05) is 33.4 Å². The zero-order valence-corrected chi connectivity index (χ0v) is 33.4. The molecule has 2 atom stereocenters. The second-order valence-corrected chi connectivity index (χ2v) is 16.4. The quantitative estimate of drug-likeness (QED) is 0.143.